The third-order valence-electron chi connectivity index (χ3n) is 2.62. The molecule has 0 aromatic carbocycles. The van der Waals surface area contributed by atoms with E-state index in [2.05, 4.69) is 10.3 Å². The van der Waals surface area contributed by atoms with Crippen LogP contribution < -0.4 is 11.1 Å². The van der Waals surface area contributed by atoms with Crippen LogP contribution in [0.1, 0.15) is 25.0 Å². The first-order chi connectivity index (χ1) is 7.52. The number of nitrogens with one attached hydrogen (secondary N) is 1. The summed E-state index contributed by atoms with van der Waals surface area (Å²) in [6.07, 6.45) is 3.50. The van der Waals surface area contributed by atoms with Crippen LogP contribution in [0.15, 0.2) is 18.5 Å². The Morgan fingerprint density at radius 1 is 1.56 bits per heavy atom. The van der Waals surface area contributed by atoms with Crippen molar-refractivity contribution in [1.29, 1.82) is 0 Å². The van der Waals surface area contributed by atoms with E-state index < -0.39 is 6.04 Å². The van der Waals surface area contributed by atoms with Crippen LogP contribution in [0.4, 0.5) is 0 Å². The van der Waals surface area contributed by atoms with Crippen molar-refractivity contribution >= 4 is 5.91 Å². The van der Waals surface area contributed by atoms with Crippen LogP contribution in [-0.2, 0) is 11.3 Å². The van der Waals surface area contributed by atoms with Crippen molar-refractivity contribution in [1.82, 2.24) is 10.3 Å². The maximum absolute atomic E-state index is 11.6. The Hall–Kier alpha value is -1.42. The summed E-state index contributed by atoms with van der Waals surface area (Å²) < 4.78 is 0. The molecule has 1 atom stereocenters. The molecule has 0 spiro atoms. The van der Waals surface area contributed by atoms with Crippen LogP contribution in [0.5, 0.6) is 0 Å². The van der Waals surface area contributed by atoms with Crippen molar-refractivity contribution in [2.24, 2.45) is 11.7 Å². The van der Waals surface area contributed by atoms with Gasteiger partial charge in [0.15, 0.2) is 0 Å². The third-order valence-corrected chi connectivity index (χ3v) is 2.62. The molecule has 1 aromatic heterocycles. The number of carbonyl (C=O) groups is 1. The molecule has 4 heteroatoms. The number of pyridine rings is 1. The molecule has 3 N–H and O–H groups in total. The number of nitrogens with zero attached hydrogens (tertiary/aromatic N) is 1. The number of rotatable bonds is 4. The van der Waals surface area contributed by atoms with Gasteiger partial charge in [-0.3, -0.25) is 9.78 Å². The summed E-state index contributed by atoms with van der Waals surface area (Å²) in [4.78, 5) is 15.6. The van der Waals surface area contributed by atoms with Crippen molar-refractivity contribution in [3.63, 3.8) is 0 Å². The summed E-state index contributed by atoms with van der Waals surface area (Å²) in [7, 11) is 0. The van der Waals surface area contributed by atoms with E-state index in [1.807, 2.05) is 26.8 Å². The van der Waals surface area contributed by atoms with Gasteiger partial charge in [0.1, 0.15) is 0 Å². The van der Waals surface area contributed by atoms with Gasteiger partial charge in [0.05, 0.1) is 6.04 Å². The predicted molar refractivity (Wildman–Crippen MR) is 63.6 cm³/mol. The molecule has 0 saturated carbocycles. The molecule has 1 rings (SSSR count). The van der Waals surface area contributed by atoms with Crippen molar-refractivity contribution in [3.8, 4) is 0 Å². The van der Waals surface area contributed by atoms with E-state index >= 15 is 0 Å². The van der Waals surface area contributed by atoms with Crippen LogP contribution in [-0.4, -0.2) is 16.9 Å². The molecule has 88 valence electrons. The highest BCUT2D eigenvalue weighted by molar-refractivity contribution is 5.81. The van der Waals surface area contributed by atoms with Crippen LogP contribution in [0, 0.1) is 12.8 Å². The Labute approximate surface area is 96.3 Å². The summed E-state index contributed by atoms with van der Waals surface area (Å²) >= 11 is 0. The van der Waals surface area contributed by atoms with Gasteiger partial charge in [-0.2, -0.15) is 0 Å². The first-order valence-electron chi connectivity index (χ1n) is 5.45. The summed E-state index contributed by atoms with van der Waals surface area (Å²) in [6.45, 7) is 6.34. The topological polar surface area (TPSA) is 68.0 Å². The highest BCUT2D eigenvalue weighted by Crippen LogP contribution is 2.05. The number of aromatic nitrogens is 1. The van der Waals surface area contributed by atoms with E-state index in [9.17, 15) is 4.79 Å². The van der Waals surface area contributed by atoms with E-state index in [0.717, 1.165) is 11.1 Å². The van der Waals surface area contributed by atoms with E-state index in [1.54, 1.807) is 12.4 Å². The average Bonchev–Trinajstić information content (AvgIpc) is 2.26. The Balaban J connectivity index is 2.52. The number of aryl methyl sites for hydroxylation is 1. The molecule has 0 aliphatic rings. The normalized spacial score (nSPS) is 12.6. The molecule has 1 heterocycles. The quantitative estimate of drug-likeness (QED) is 0.796. The summed E-state index contributed by atoms with van der Waals surface area (Å²) in [6, 6.07) is 1.47. The van der Waals surface area contributed by atoms with Gasteiger partial charge < -0.3 is 11.1 Å². The number of amides is 1. The maximum atomic E-state index is 11.6. The van der Waals surface area contributed by atoms with Gasteiger partial charge >= 0.3 is 0 Å². The van der Waals surface area contributed by atoms with Crippen molar-refractivity contribution in [2.75, 3.05) is 0 Å². The zero-order valence-corrected chi connectivity index (χ0v) is 10.0. The molecule has 0 aliphatic heterocycles. The van der Waals surface area contributed by atoms with Crippen LogP contribution in [0.25, 0.3) is 0 Å². The van der Waals surface area contributed by atoms with E-state index in [0.29, 0.717) is 6.54 Å². The zero-order valence-electron chi connectivity index (χ0n) is 10.0. The van der Waals surface area contributed by atoms with Crippen LogP contribution >= 0.6 is 0 Å². The molecule has 1 aromatic rings. The Kier molecular flexibility index (Phi) is 4.43. The van der Waals surface area contributed by atoms with E-state index in [-0.39, 0.29) is 11.8 Å². The van der Waals surface area contributed by atoms with Gasteiger partial charge in [0.2, 0.25) is 5.91 Å². The molecule has 0 aliphatic carbocycles. The fourth-order valence-corrected chi connectivity index (χ4v) is 1.28. The number of nitrogens with two attached hydrogens (primary N) is 1. The average molecular weight is 221 g/mol. The molecule has 0 unspecified atom stereocenters. The minimum atomic E-state index is -0.447. The van der Waals surface area contributed by atoms with Crippen LogP contribution in [0.2, 0.25) is 0 Å². The fourth-order valence-electron chi connectivity index (χ4n) is 1.28. The van der Waals surface area contributed by atoms with Gasteiger partial charge in [-0.1, -0.05) is 13.8 Å². The van der Waals surface area contributed by atoms with E-state index in [1.165, 1.54) is 0 Å². The standard InChI is InChI=1S/C12H19N3O/c1-8(2)11(13)12(16)15-7-10-6-14-5-4-9(10)3/h4-6,8,11H,7,13H2,1-3H3,(H,15,16)/t11-/m1/s1. The summed E-state index contributed by atoms with van der Waals surface area (Å²) in [5.74, 6) is 0.0354. The lowest BCUT2D eigenvalue weighted by Crippen LogP contribution is -2.43. The van der Waals surface area contributed by atoms with Crippen LogP contribution in [0.3, 0.4) is 0 Å². The zero-order chi connectivity index (χ0) is 12.1. The number of hydrogen-bond acceptors (Lipinski definition) is 3. The largest absolute Gasteiger partial charge is 0.351 e. The second-order valence-corrected chi connectivity index (χ2v) is 4.29. The summed E-state index contributed by atoms with van der Waals surface area (Å²) in [5, 5.41) is 2.82. The Bertz CT molecular complexity index is 363. The highest BCUT2D eigenvalue weighted by atomic mass is 16.2. The second kappa shape index (κ2) is 5.61. The Morgan fingerprint density at radius 3 is 2.81 bits per heavy atom. The van der Waals surface area contributed by atoms with Crippen molar-refractivity contribution in [3.05, 3.63) is 29.6 Å². The molecular weight excluding hydrogens is 202 g/mol. The highest BCUT2D eigenvalue weighted by Gasteiger charge is 2.16. The van der Waals surface area contributed by atoms with Gasteiger partial charge in [-0.15, -0.1) is 0 Å². The molecule has 0 fully saturated rings. The fraction of sp³-hybridized carbons (Fsp3) is 0.500. The molecule has 0 saturated heterocycles. The van der Waals surface area contributed by atoms with E-state index in [4.69, 9.17) is 5.73 Å². The smallest absolute Gasteiger partial charge is 0.237 e. The Morgan fingerprint density at radius 2 is 2.25 bits per heavy atom. The van der Waals surface area contributed by atoms with Crippen molar-refractivity contribution < 1.29 is 4.79 Å². The maximum Gasteiger partial charge on any atom is 0.237 e. The first-order valence-corrected chi connectivity index (χ1v) is 5.45. The lowest BCUT2D eigenvalue weighted by atomic mass is 10.0. The predicted octanol–water partition coefficient (Wildman–Crippen LogP) is 0.990. The van der Waals surface area contributed by atoms with Gasteiger partial charge in [-0.05, 0) is 30.0 Å². The minimum Gasteiger partial charge on any atom is -0.351 e. The van der Waals surface area contributed by atoms with Crippen molar-refractivity contribution in [2.45, 2.75) is 33.4 Å². The third kappa shape index (κ3) is 3.31. The monoisotopic (exact) mass is 221 g/mol. The first kappa shape index (κ1) is 12.6. The summed E-state index contributed by atoms with van der Waals surface area (Å²) in [5.41, 5.74) is 7.87. The lowest BCUT2D eigenvalue weighted by Gasteiger charge is -2.15. The molecule has 4 nitrogen and oxygen atoms in total. The van der Waals surface area contributed by atoms with Gasteiger partial charge in [-0.25, -0.2) is 0 Å². The SMILES string of the molecule is Cc1ccncc1CNC(=O)[C@H](N)C(C)C. The lowest BCUT2D eigenvalue weighted by molar-refractivity contribution is -0.123. The van der Waals surface area contributed by atoms with Gasteiger partial charge in [0.25, 0.3) is 0 Å². The molecule has 16 heavy (non-hydrogen) atoms. The molecule has 1 amide bonds. The minimum absolute atomic E-state index is 0.113. The molecule has 0 radical (unpaired) electrons. The molecule has 0 bridgehead atoms. The van der Waals surface area contributed by atoms with Gasteiger partial charge in [0, 0.05) is 18.9 Å². The number of carbonyl (C=O) groups excluding carboxylic acids is 1. The molecular formula is C12H19N3O. The second-order valence-electron chi connectivity index (χ2n) is 4.29. The number of hydrogen-bond donors (Lipinski definition) is 2.